The summed E-state index contributed by atoms with van der Waals surface area (Å²) in [4.78, 5) is 2.63. The van der Waals surface area contributed by atoms with Crippen LogP contribution in [0.5, 0.6) is 0 Å². The molecule has 0 bridgehead atoms. The fourth-order valence-electron chi connectivity index (χ4n) is 3.98. The van der Waals surface area contributed by atoms with Gasteiger partial charge in [0.2, 0.25) is 15.8 Å². The first-order valence-corrected chi connectivity index (χ1v) is 11.1. The Kier molecular flexibility index (Phi) is 5.33. The van der Waals surface area contributed by atoms with Crippen molar-refractivity contribution in [3.8, 4) is 11.5 Å². The molecule has 7 nitrogen and oxygen atoms in total. The Morgan fingerprint density at radius 3 is 2.31 bits per heavy atom. The summed E-state index contributed by atoms with van der Waals surface area (Å²) in [7, 11) is -3.50. The van der Waals surface area contributed by atoms with Gasteiger partial charge in [-0.3, -0.25) is 4.90 Å². The van der Waals surface area contributed by atoms with Gasteiger partial charge in [-0.25, -0.2) is 8.42 Å². The van der Waals surface area contributed by atoms with Crippen molar-refractivity contribution in [1.29, 1.82) is 0 Å². The number of benzene rings is 1. The summed E-state index contributed by atoms with van der Waals surface area (Å²) in [6.07, 6.45) is 1.59. The third-order valence-electron chi connectivity index (χ3n) is 5.24. The topological polar surface area (TPSA) is 79.8 Å². The molecule has 0 N–H and O–H groups in total. The highest BCUT2D eigenvalue weighted by Crippen LogP contribution is 2.26. The third-order valence-corrected chi connectivity index (χ3v) is 7.45. The molecule has 0 spiro atoms. The Morgan fingerprint density at radius 2 is 1.69 bits per heavy atom. The second-order valence-electron chi connectivity index (χ2n) is 7.57. The molecule has 0 amide bonds. The van der Waals surface area contributed by atoms with E-state index in [0.29, 0.717) is 49.1 Å². The van der Waals surface area contributed by atoms with Crippen molar-refractivity contribution in [2.45, 2.75) is 32.2 Å². The number of furan rings is 1. The van der Waals surface area contributed by atoms with Crippen molar-refractivity contribution in [3.05, 3.63) is 59.0 Å². The Bertz CT molecular complexity index is 1070. The monoisotopic (exact) mass is 415 g/mol. The SMILES string of the molecule is Cc1cc(C)c(S(=O)(=O)N2CCN(Cc3cc(-c4ccco4)on3)CC2)c(C)c1. The molecule has 29 heavy (non-hydrogen) atoms. The van der Waals surface area contributed by atoms with E-state index in [1.807, 2.05) is 45.0 Å². The molecular weight excluding hydrogens is 390 g/mol. The quantitative estimate of drug-likeness (QED) is 0.636. The van der Waals surface area contributed by atoms with E-state index in [-0.39, 0.29) is 0 Å². The van der Waals surface area contributed by atoms with Crippen molar-refractivity contribution in [2.24, 2.45) is 0 Å². The van der Waals surface area contributed by atoms with Crippen molar-refractivity contribution < 1.29 is 17.4 Å². The van der Waals surface area contributed by atoms with Crippen LogP contribution in [0.3, 0.4) is 0 Å². The van der Waals surface area contributed by atoms with Crippen molar-refractivity contribution >= 4 is 10.0 Å². The molecule has 0 saturated carbocycles. The zero-order valence-electron chi connectivity index (χ0n) is 16.9. The maximum atomic E-state index is 13.2. The van der Waals surface area contributed by atoms with Gasteiger partial charge in [0.05, 0.1) is 16.9 Å². The van der Waals surface area contributed by atoms with Gasteiger partial charge in [0.25, 0.3) is 0 Å². The largest absolute Gasteiger partial charge is 0.461 e. The van der Waals surface area contributed by atoms with Crippen LogP contribution in [-0.4, -0.2) is 49.0 Å². The summed E-state index contributed by atoms with van der Waals surface area (Å²) in [6.45, 7) is 8.53. The Balaban J connectivity index is 1.42. The number of piperazine rings is 1. The summed E-state index contributed by atoms with van der Waals surface area (Å²) in [5.74, 6) is 1.24. The lowest BCUT2D eigenvalue weighted by atomic mass is 10.1. The lowest BCUT2D eigenvalue weighted by Crippen LogP contribution is -2.48. The second-order valence-corrected chi connectivity index (χ2v) is 9.44. The molecule has 154 valence electrons. The molecule has 3 heterocycles. The zero-order valence-corrected chi connectivity index (χ0v) is 17.7. The molecule has 1 aromatic carbocycles. The molecular formula is C21H25N3O4S. The Labute approximate surface area is 170 Å². The van der Waals surface area contributed by atoms with Gasteiger partial charge in [0, 0.05) is 38.8 Å². The van der Waals surface area contributed by atoms with Crippen LogP contribution in [0.25, 0.3) is 11.5 Å². The molecule has 1 saturated heterocycles. The normalized spacial score (nSPS) is 16.4. The minimum absolute atomic E-state index is 0.441. The summed E-state index contributed by atoms with van der Waals surface area (Å²) < 4.78 is 38.7. The molecule has 4 rings (SSSR count). The van der Waals surface area contributed by atoms with Gasteiger partial charge in [0.15, 0.2) is 5.76 Å². The smallest absolute Gasteiger partial charge is 0.243 e. The van der Waals surface area contributed by atoms with Crippen LogP contribution in [0.2, 0.25) is 0 Å². The van der Waals surface area contributed by atoms with Crippen molar-refractivity contribution in [2.75, 3.05) is 26.2 Å². The maximum absolute atomic E-state index is 13.2. The number of sulfonamides is 1. The van der Waals surface area contributed by atoms with Gasteiger partial charge in [-0.15, -0.1) is 0 Å². The lowest BCUT2D eigenvalue weighted by molar-refractivity contribution is 0.177. The van der Waals surface area contributed by atoms with Gasteiger partial charge < -0.3 is 8.94 Å². The van der Waals surface area contributed by atoms with E-state index in [4.69, 9.17) is 8.94 Å². The van der Waals surface area contributed by atoms with E-state index >= 15 is 0 Å². The minimum Gasteiger partial charge on any atom is -0.461 e. The van der Waals surface area contributed by atoms with E-state index in [0.717, 1.165) is 22.4 Å². The van der Waals surface area contributed by atoms with Gasteiger partial charge in [0.1, 0.15) is 0 Å². The maximum Gasteiger partial charge on any atom is 0.243 e. The van der Waals surface area contributed by atoms with Crippen LogP contribution in [0, 0.1) is 20.8 Å². The van der Waals surface area contributed by atoms with Crippen LogP contribution in [0.15, 0.2) is 50.4 Å². The zero-order chi connectivity index (χ0) is 20.6. The molecule has 1 fully saturated rings. The molecule has 0 unspecified atom stereocenters. The van der Waals surface area contributed by atoms with Crippen LogP contribution < -0.4 is 0 Å². The van der Waals surface area contributed by atoms with Crippen LogP contribution >= 0.6 is 0 Å². The van der Waals surface area contributed by atoms with E-state index < -0.39 is 10.0 Å². The summed E-state index contributed by atoms with van der Waals surface area (Å²) >= 11 is 0. The summed E-state index contributed by atoms with van der Waals surface area (Å²) in [6, 6.07) is 9.34. The Morgan fingerprint density at radius 1 is 1.00 bits per heavy atom. The van der Waals surface area contributed by atoms with E-state index in [1.165, 1.54) is 0 Å². The van der Waals surface area contributed by atoms with E-state index in [2.05, 4.69) is 10.1 Å². The van der Waals surface area contributed by atoms with Crippen molar-refractivity contribution in [3.63, 3.8) is 0 Å². The van der Waals surface area contributed by atoms with Crippen LogP contribution in [0.4, 0.5) is 0 Å². The van der Waals surface area contributed by atoms with Gasteiger partial charge >= 0.3 is 0 Å². The number of hydrogen-bond donors (Lipinski definition) is 0. The number of rotatable bonds is 5. The van der Waals surface area contributed by atoms with Gasteiger partial charge in [-0.1, -0.05) is 22.9 Å². The first-order chi connectivity index (χ1) is 13.8. The van der Waals surface area contributed by atoms with E-state index in [9.17, 15) is 8.42 Å². The molecule has 1 aliphatic rings. The summed E-state index contributed by atoms with van der Waals surface area (Å²) in [5, 5.41) is 4.10. The fourth-order valence-corrected chi connectivity index (χ4v) is 5.81. The molecule has 1 aliphatic heterocycles. The fraction of sp³-hybridized carbons (Fsp3) is 0.381. The first kappa shape index (κ1) is 19.9. The molecule has 2 aromatic heterocycles. The number of aromatic nitrogens is 1. The lowest BCUT2D eigenvalue weighted by Gasteiger charge is -2.34. The first-order valence-electron chi connectivity index (χ1n) is 9.64. The average molecular weight is 416 g/mol. The minimum atomic E-state index is -3.50. The predicted molar refractivity (Wildman–Crippen MR) is 109 cm³/mol. The molecule has 0 radical (unpaired) electrons. The molecule has 3 aromatic rings. The van der Waals surface area contributed by atoms with Crippen molar-refractivity contribution in [1.82, 2.24) is 14.4 Å². The Hall–Kier alpha value is -2.42. The average Bonchev–Trinajstić information content (AvgIpc) is 3.32. The molecule has 8 heteroatoms. The standard InChI is InChI=1S/C21H25N3O4S/c1-15-11-16(2)21(17(3)12-15)29(25,26)24-8-6-23(7-9-24)14-18-13-20(28-22-18)19-5-4-10-27-19/h4-5,10-13H,6-9,14H2,1-3H3. The van der Waals surface area contributed by atoms with Crippen LogP contribution in [-0.2, 0) is 16.6 Å². The molecule has 0 aliphatic carbocycles. The number of nitrogens with zero attached hydrogens (tertiary/aromatic N) is 3. The van der Waals surface area contributed by atoms with Gasteiger partial charge in [-0.05, 0) is 44.0 Å². The highest BCUT2D eigenvalue weighted by molar-refractivity contribution is 7.89. The number of hydrogen-bond acceptors (Lipinski definition) is 6. The number of aryl methyl sites for hydroxylation is 3. The van der Waals surface area contributed by atoms with Crippen LogP contribution in [0.1, 0.15) is 22.4 Å². The van der Waals surface area contributed by atoms with Gasteiger partial charge in [-0.2, -0.15) is 4.31 Å². The highest BCUT2D eigenvalue weighted by atomic mass is 32.2. The second kappa shape index (κ2) is 7.78. The van der Waals surface area contributed by atoms with E-state index in [1.54, 1.807) is 16.6 Å². The molecule has 0 atom stereocenters. The summed E-state index contributed by atoms with van der Waals surface area (Å²) in [5.41, 5.74) is 3.49. The highest BCUT2D eigenvalue weighted by Gasteiger charge is 2.31. The third kappa shape index (κ3) is 4.01. The predicted octanol–water partition coefficient (Wildman–Crippen LogP) is 3.37.